The fourth-order valence-electron chi connectivity index (χ4n) is 1.98. The van der Waals surface area contributed by atoms with E-state index in [1.165, 1.54) is 0 Å². The molecule has 0 heterocycles. The molecule has 0 aromatic heterocycles. The standard InChI is InChI=1S/C13H8O.N2/c14-13-11-7-3-1-5-9(11)10-6-2-4-8-12(10)13;1-2/h1-8H;. The Kier molecular flexibility index (Phi) is 2.49. The molecule has 3 nitrogen and oxygen atoms in total. The van der Waals surface area contributed by atoms with Gasteiger partial charge in [-0.05, 0) is 11.1 Å². The van der Waals surface area contributed by atoms with E-state index in [0.29, 0.717) is 0 Å². The molecular weight excluding hydrogens is 200 g/mol. The van der Waals surface area contributed by atoms with Crippen LogP contribution in [0.5, 0.6) is 0 Å². The minimum absolute atomic E-state index is 0.149. The van der Waals surface area contributed by atoms with Crippen LogP contribution >= 0.6 is 0 Å². The molecule has 16 heavy (non-hydrogen) atoms. The first-order valence-electron chi connectivity index (χ1n) is 4.81. The molecule has 0 radical (unpaired) electrons. The topological polar surface area (TPSA) is 64.7 Å². The zero-order chi connectivity index (χ0) is 11.5. The quantitative estimate of drug-likeness (QED) is 0.533. The molecule has 0 N–H and O–H groups in total. The molecular formula is C13H8N2O. The third-order valence-corrected chi connectivity index (χ3v) is 2.63. The average Bonchev–Trinajstić information content (AvgIpc) is 2.67. The molecule has 0 atom stereocenters. The lowest BCUT2D eigenvalue weighted by atomic mass is 10.1. The van der Waals surface area contributed by atoms with Crippen LogP contribution in [0.25, 0.3) is 11.1 Å². The van der Waals surface area contributed by atoms with Gasteiger partial charge in [0.15, 0.2) is 5.78 Å². The van der Waals surface area contributed by atoms with Crippen molar-refractivity contribution in [1.29, 1.82) is 10.8 Å². The second kappa shape index (κ2) is 3.95. The van der Waals surface area contributed by atoms with Gasteiger partial charge in [0.1, 0.15) is 0 Å². The number of rotatable bonds is 0. The molecule has 0 bridgehead atoms. The lowest BCUT2D eigenvalue weighted by Gasteiger charge is -1.96. The van der Waals surface area contributed by atoms with Crippen molar-refractivity contribution in [3.05, 3.63) is 59.7 Å². The molecule has 76 valence electrons. The lowest BCUT2D eigenvalue weighted by molar-refractivity contribution is 0.104. The summed E-state index contributed by atoms with van der Waals surface area (Å²) in [5.41, 5.74) is 3.78. The van der Waals surface area contributed by atoms with Crippen molar-refractivity contribution in [3.8, 4) is 11.1 Å². The van der Waals surface area contributed by atoms with Gasteiger partial charge in [0, 0.05) is 21.9 Å². The first-order chi connectivity index (χ1) is 7.88. The molecule has 2 aromatic rings. The Morgan fingerprint density at radius 2 is 0.938 bits per heavy atom. The van der Waals surface area contributed by atoms with E-state index >= 15 is 0 Å². The molecule has 1 aliphatic rings. The molecule has 1 aliphatic carbocycles. The Labute approximate surface area is 92.8 Å². The van der Waals surface area contributed by atoms with E-state index in [4.69, 9.17) is 10.8 Å². The molecule has 3 heteroatoms. The molecule has 0 saturated heterocycles. The summed E-state index contributed by atoms with van der Waals surface area (Å²) < 4.78 is 0. The third-order valence-electron chi connectivity index (χ3n) is 2.63. The lowest BCUT2D eigenvalue weighted by Crippen LogP contribution is -1.93. The van der Waals surface area contributed by atoms with Crippen LogP contribution in [0.3, 0.4) is 0 Å². The van der Waals surface area contributed by atoms with Gasteiger partial charge in [-0.15, -0.1) is 0 Å². The van der Waals surface area contributed by atoms with E-state index in [2.05, 4.69) is 0 Å². The molecule has 2 aromatic carbocycles. The first kappa shape index (κ1) is 10.1. The number of nitrogens with zero attached hydrogens (tertiary/aromatic N) is 2. The number of carbonyl (C=O) groups excluding carboxylic acids is 1. The summed E-state index contributed by atoms with van der Waals surface area (Å²) in [4.78, 5) is 11.9. The van der Waals surface area contributed by atoms with Crippen molar-refractivity contribution in [2.24, 2.45) is 0 Å². The van der Waals surface area contributed by atoms with Gasteiger partial charge >= 0.3 is 0 Å². The predicted molar refractivity (Wildman–Crippen MR) is 58.8 cm³/mol. The van der Waals surface area contributed by atoms with Gasteiger partial charge in [0.05, 0.1) is 0 Å². The first-order valence-corrected chi connectivity index (χ1v) is 4.81. The summed E-state index contributed by atoms with van der Waals surface area (Å²) in [6, 6.07) is 15.5. The summed E-state index contributed by atoms with van der Waals surface area (Å²) in [5.74, 6) is 0.149. The normalized spacial score (nSPS) is 11.0. The van der Waals surface area contributed by atoms with E-state index in [9.17, 15) is 4.79 Å². The summed E-state index contributed by atoms with van der Waals surface area (Å²) >= 11 is 0. The third kappa shape index (κ3) is 1.29. The highest BCUT2D eigenvalue weighted by Crippen LogP contribution is 2.35. The van der Waals surface area contributed by atoms with Crippen LogP contribution in [0.1, 0.15) is 15.9 Å². The van der Waals surface area contributed by atoms with Crippen molar-refractivity contribution >= 4 is 5.78 Å². The van der Waals surface area contributed by atoms with Crippen LogP contribution in [0, 0.1) is 10.8 Å². The van der Waals surface area contributed by atoms with E-state index < -0.39 is 0 Å². The maximum atomic E-state index is 11.9. The molecule has 0 aliphatic heterocycles. The maximum Gasteiger partial charge on any atom is 0.194 e. The fourth-order valence-corrected chi connectivity index (χ4v) is 1.98. The van der Waals surface area contributed by atoms with Crippen molar-refractivity contribution in [2.45, 2.75) is 0 Å². The number of carbonyl (C=O) groups is 1. The Hall–Kier alpha value is -2.47. The number of benzene rings is 2. The predicted octanol–water partition coefficient (Wildman–Crippen LogP) is 2.93. The van der Waals surface area contributed by atoms with E-state index in [-0.39, 0.29) is 5.78 Å². The van der Waals surface area contributed by atoms with Crippen LogP contribution in [0.15, 0.2) is 48.5 Å². The van der Waals surface area contributed by atoms with Crippen molar-refractivity contribution < 1.29 is 4.79 Å². The van der Waals surface area contributed by atoms with Crippen LogP contribution in [-0.2, 0) is 0 Å². The van der Waals surface area contributed by atoms with Gasteiger partial charge in [0.2, 0.25) is 0 Å². The number of hydrogen-bond acceptors (Lipinski definition) is 3. The van der Waals surface area contributed by atoms with Gasteiger partial charge in [-0.3, -0.25) is 4.79 Å². The minimum Gasteiger partial charge on any atom is -0.289 e. The van der Waals surface area contributed by atoms with Crippen LogP contribution < -0.4 is 0 Å². The van der Waals surface area contributed by atoms with Gasteiger partial charge in [0.25, 0.3) is 0 Å². The zero-order valence-corrected chi connectivity index (χ0v) is 8.42. The average molecular weight is 208 g/mol. The Bertz CT molecular complexity index is 525. The highest BCUT2D eigenvalue weighted by Gasteiger charge is 2.24. The monoisotopic (exact) mass is 208 g/mol. The second-order valence-electron chi connectivity index (χ2n) is 3.42. The van der Waals surface area contributed by atoms with Gasteiger partial charge in [-0.1, -0.05) is 48.5 Å². The maximum absolute atomic E-state index is 11.9. The molecule has 0 fully saturated rings. The molecule has 0 unspecified atom stereocenters. The molecule has 0 amide bonds. The fraction of sp³-hybridized carbons (Fsp3) is 0. The van der Waals surface area contributed by atoms with Crippen LogP contribution in [0.2, 0.25) is 0 Å². The number of fused-ring (bicyclic) bond motifs is 3. The molecule has 3 rings (SSSR count). The summed E-state index contributed by atoms with van der Waals surface area (Å²) in [6.07, 6.45) is 0. The highest BCUT2D eigenvalue weighted by molar-refractivity contribution is 6.21. The van der Waals surface area contributed by atoms with E-state index in [1.807, 2.05) is 48.5 Å². The zero-order valence-electron chi connectivity index (χ0n) is 8.42. The minimum atomic E-state index is 0.149. The summed E-state index contributed by atoms with van der Waals surface area (Å²) in [5, 5.41) is 12.0. The summed E-state index contributed by atoms with van der Waals surface area (Å²) in [6.45, 7) is 0. The molecule has 0 saturated carbocycles. The van der Waals surface area contributed by atoms with Crippen molar-refractivity contribution in [2.75, 3.05) is 0 Å². The van der Waals surface area contributed by atoms with Crippen LogP contribution in [0.4, 0.5) is 0 Å². The van der Waals surface area contributed by atoms with E-state index in [0.717, 1.165) is 22.3 Å². The smallest absolute Gasteiger partial charge is 0.194 e. The second-order valence-corrected chi connectivity index (χ2v) is 3.42. The van der Waals surface area contributed by atoms with Crippen LogP contribution in [-0.4, -0.2) is 5.78 Å². The number of ketones is 1. The van der Waals surface area contributed by atoms with Gasteiger partial charge in [-0.2, -0.15) is 0 Å². The van der Waals surface area contributed by atoms with Gasteiger partial charge < -0.3 is 0 Å². The Balaban J connectivity index is 0.000000457. The number of hydrogen-bond donors (Lipinski definition) is 0. The van der Waals surface area contributed by atoms with Crippen molar-refractivity contribution in [1.82, 2.24) is 0 Å². The summed E-state index contributed by atoms with van der Waals surface area (Å²) in [7, 11) is 0. The SMILES string of the molecule is N#N.O=C1c2ccccc2-c2ccccc21. The highest BCUT2D eigenvalue weighted by atomic mass is 16.1. The van der Waals surface area contributed by atoms with E-state index in [1.54, 1.807) is 0 Å². The van der Waals surface area contributed by atoms with Gasteiger partial charge in [-0.25, -0.2) is 0 Å². The molecule has 0 spiro atoms. The largest absolute Gasteiger partial charge is 0.289 e. The Morgan fingerprint density at radius 3 is 1.31 bits per heavy atom. The van der Waals surface area contributed by atoms with Crippen molar-refractivity contribution in [3.63, 3.8) is 0 Å². The Morgan fingerprint density at radius 1 is 0.625 bits per heavy atom.